The number of hydrogen-bond donors (Lipinski definition) is 0. The first-order valence-electron chi connectivity index (χ1n) is 3.07. The molecule has 0 rings (SSSR count). The van der Waals surface area contributed by atoms with Gasteiger partial charge in [-0.2, -0.15) is 0 Å². The highest BCUT2D eigenvalue weighted by atomic mass is 16.7. The van der Waals surface area contributed by atoms with Gasteiger partial charge in [-0.15, -0.1) is 0 Å². The molecular weight excluding hydrogens is 152 g/mol. The van der Waals surface area contributed by atoms with E-state index in [4.69, 9.17) is 0 Å². The monoisotopic (exact) mass is 162 g/mol. The lowest BCUT2D eigenvalue weighted by Gasteiger charge is -2.00. The van der Waals surface area contributed by atoms with Gasteiger partial charge >= 0.3 is 6.16 Å². The Bertz CT molecular complexity index is 122. The third kappa shape index (κ3) is 6.63. The summed E-state index contributed by atoms with van der Waals surface area (Å²) in [6, 6.07) is 0. The van der Waals surface area contributed by atoms with Crippen LogP contribution in [0.3, 0.4) is 0 Å². The second-order valence-electron chi connectivity index (χ2n) is 1.62. The molecule has 0 saturated carbocycles. The molecule has 0 atom stereocenters. The molecule has 11 heavy (non-hydrogen) atoms. The van der Waals surface area contributed by atoms with E-state index in [2.05, 4.69) is 14.2 Å². The van der Waals surface area contributed by atoms with Crippen molar-refractivity contribution in [1.29, 1.82) is 0 Å². The molecule has 0 fully saturated rings. The van der Waals surface area contributed by atoms with Gasteiger partial charge in [0, 0.05) is 6.42 Å². The predicted octanol–water partition coefficient (Wildman–Crippen LogP) is 0.333. The van der Waals surface area contributed by atoms with Crippen LogP contribution >= 0.6 is 0 Å². The van der Waals surface area contributed by atoms with Crippen molar-refractivity contribution in [3.63, 3.8) is 0 Å². The van der Waals surface area contributed by atoms with Crippen LogP contribution in [0.1, 0.15) is 6.42 Å². The molecule has 0 unspecified atom stereocenters. The molecule has 0 heterocycles. The zero-order valence-electron chi connectivity index (χ0n) is 6.24. The minimum Gasteiger partial charge on any atom is -0.468 e. The van der Waals surface area contributed by atoms with Crippen molar-refractivity contribution in [1.82, 2.24) is 0 Å². The van der Waals surface area contributed by atoms with Gasteiger partial charge in [0.1, 0.15) is 0 Å². The van der Waals surface area contributed by atoms with Gasteiger partial charge in [0.05, 0.1) is 20.3 Å². The molecule has 0 amide bonds. The molecule has 64 valence electrons. The highest BCUT2D eigenvalue weighted by Crippen LogP contribution is 1.86. The Labute approximate surface area is 64.2 Å². The van der Waals surface area contributed by atoms with Crippen molar-refractivity contribution < 1.29 is 23.8 Å². The van der Waals surface area contributed by atoms with Crippen molar-refractivity contribution in [2.75, 3.05) is 20.3 Å². The van der Waals surface area contributed by atoms with E-state index in [0.29, 0.717) is 12.9 Å². The Kier molecular flexibility index (Phi) is 6.07. The Morgan fingerprint density at radius 2 is 2.18 bits per heavy atom. The summed E-state index contributed by atoms with van der Waals surface area (Å²) in [4.78, 5) is 19.9. The highest BCUT2D eigenvalue weighted by molar-refractivity contribution is 5.59. The minimum absolute atomic E-state index is 0.195. The Hall–Kier alpha value is -1.26. The fourth-order valence-electron chi connectivity index (χ4n) is 0.405. The van der Waals surface area contributed by atoms with Gasteiger partial charge < -0.3 is 14.2 Å². The van der Waals surface area contributed by atoms with Crippen molar-refractivity contribution in [3.8, 4) is 0 Å². The highest BCUT2D eigenvalue weighted by Gasteiger charge is 1.97. The van der Waals surface area contributed by atoms with Gasteiger partial charge in [0.25, 0.3) is 6.47 Å². The van der Waals surface area contributed by atoms with E-state index >= 15 is 0 Å². The standard InChI is InChI=1S/C6H10O5/c1-9-6(8)11-4-2-3-10-5-7/h5H,2-4H2,1H3. The molecule has 0 saturated heterocycles. The summed E-state index contributed by atoms with van der Waals surface area (Å²) in [5.41, 5.74) is 0. The van der Waals surface area contributed by atoms with Crippen LogP contribution in [0.4, 0.5) is 4.79 Å². The van der Waals surface area contributed by atoms with Crippen molar-refractivity contribution in [2.45, 2.75) is 6.42 Å². The number of carbonyl (C=O) groups excluding carboxylic acids is 2. The second-order valence-corrected chi connectivity index (χ2v) is 1.62. The average Bonchev–Trinajstić information content (AvgIpc) is 2.04. The van der Waals surface area contributed by atoms with Crippen molar-refractivity contribution in [2.24, 2.45) is 0 Å². The number of methoxy groups -OCH3 is 1. The van der Waals surface area contributed by atoms with Crippen molar-refractivity contribution in [3.05, 3.63) is 0 Å². The number of ether oxygens (including phenoxy) is 3. The van der Waals surface area contributed by atoms with Gasteiger partial charge in [-0.25, -0.2) is 4.79 Å². The summed E-state index contributed by atoms with van der Waals surface area (Å²) in [7, 11) is 1.23. The zero-order valence-corrected chi connectivity index (χ0v) is 6.24. The lowest BCUT2D eigenvalue weighted by Crippen LogP contribution is -2.07. The number of hydrogen-bond acceptors (Lipinski definition) is 5. The summed E-state index contributed by atoms with van der Waals surface area (Å²) in [5, 5.41) is 0. The summed E-state index contributed by atoms with van der Waals surface area (Å²) < 4.78 is 13.0. The maximum atomic E-state index is 10.3. The summed E-state index contributed by atoms with van der Waals surface area (Å²) >= 11 is 0. The fourth-order valence-corrected chi connectivity index (χ4v) is 0.405. The molecule has 5 nitrogen and oxygen atoms in total. The van der Waals surface area contributed by atoms with Crippen molar-refractivity contribution >= 4 is 12.6 Å². The van der Waals surface area contributed by atoms with E-state index < -0.39 is 6.16 Å². The van der Waals surface area contributed by atoms with Crippen LogP contribution in [0, 0.1) is 0 Å². The van der Waals surface area contributed by atoms with Crippen LogP contribution in [0.25, 0.3) is 0 Å². The smallest absolute Gasteiger partial charge is 0.468 e. The molecule has 0 radical (unpaired) electrons. The first-order valence-corrected chi connectivity index (χ1v) is 3.07. The average molecular weight is 162 g/mol. The van der Waals surface area contributed by atoms with E-state index in [9.17, 15) is 9.59 Å². The fraction of sp³-hybridized carbons (Fsp3) is 0.667. The maximum Gasteiger partial charge on any atom is 0.507 e. The zero-order chi connectivity index (χ0) is 8.53. The SMILES string of the molecule is COC(=O)OCCCOC=O. The van der Waals surface area contributed by atoms with Crippen LogP contribution < -0.4 is 0 Å². The normalized spacial score (nSPS) is 8.45. The molecule has 0 spiro atoms. The number of rotatable bonds is 5. The van der Waals surface area contributed by atoms with E-state index in [1.807, 2.05) is 0 Å². The molecule has 0 bridgehead atoms. The maximum absolute atomic E-state index is 10.3. The largest absolute Gasteiger partial charge is 0.507 e. The molecule has 5 heteroatoms. The van der Waals surface area contributed by atoms with Crippen LogP contribution in [-0.2, 0) is 19.0 Å². The second kappa shape index (κ2) is 6.85. The van der Waals surface area contributed by atoms with Gasteiger partial charge in [-0.05, 0) is 0 Å². The lowest BCUT2D eigenvalue weighted by atomic mass is 10.5. The van der Waals surface area contributed by atoms with Crippen LogP contribution in [0.2, 0.25) is 0 Å². The molecule has 0 aliphatic rings. The van der Waals surface area contributed by atoms with Gasteiger partial charge in [0.15, 0.2) is 0 Å². The molecule has 0 aliphatic carbocycles. The Morgan fingerprint density at radius 3 is 2.73 bits per heavy atom. The van der Waals surface area contributed by atoms with Crippen LogP contribution in [0.15, 0.2) is 0 Å². The molecule has 0 aromatic rings. The van der Waals surface area contributed by atoms with E-state index in [1.165, 1.54) is 7.11 Å². The first-order chi connectivity index (χ1) is 5.31. The van der Waals surface area contributed by atoms with E-state index in [0.717, 1.165) is 0 Å². The van der Waals surface area contributed by atoms with Gasteiger partial charge in [-0.3, -0.25) is 4.79 Å². The minimum atomic E-state index is -0.726. The van der Waals surface area contributed by atoms with Crippen LogP contribution in [-0.4, -0.2) is 33.0 Å². The molecule has 0 aliphatic heterocycles. The third-order valence-corrected chi connectivity index (χ3v) is 0.861. The summed E-state index contributed by atoms with van der Waals surface area (Å²) in [5.74, 6) is 0. The quantitative estimate of drug-likeness (QED) is 0.331. The molecular formula is C6H10O5. The summed E-state index contributed by atoms with van der Waals surface area (Å²) in [6.45, 7) is 0.791. The molecule has 0 N–H and O–H groups in total. The molecule has 0 aromatic heterocycles. The van der Waals surface area contributed by atoms with Crippen LogP contribution in [0.5, 0.6) is 0 Å². The summed E-state index contributed by atoms with van der Waals surface area (Å²) in [6.07, 6.45) is -0.246. The predicted molar refractivity (Wildman–Crippen MR) is 35.0 cm³/mol. The first kappa shape index (κ1) is 9.74. The topological polar surface area (TPSA) is 61.8 Å². The number of carbonyl (C=O) groups is 2. The van der Waals surface area contributed by atoms with Gasteiger partial charge in [-0.1, -0.05) is 0 Å². The molecule has 0 aromatic carbocycles. The van der Waals surface area contributed by atoms with E-state index in [-0.39, 0.29) is 13.2 Å². The Balaban J connectivity index is 3.01. The van der Waals surface area contributed by atoms with E-state index in [1.54, 1.807) is 0 Å². The third-order valence-electron chi connectivity index (χ3n) is 0.861. The lowest BCUT2D eigenvalue weighted by molar-refractivity contribution is -0.128. The van der Waals surface area contributed by atoms with Gasteiger partial charge in [0.2, 0.25) is 0 Å². The Morgan fingerprint density at radius 1 is 1.45 bits per heavy atom.